The highest BCUT2D eigenvalue weighted by Gasteiger charge is 2.32. The number of rotatable bonds is 2. The van der Waals surface area contributed by atoms with Crippen LogP contribution < -0.4 is 5.32 Å². The number of amides is 2. The number of hydrogen-bond acceptors (Lipinski definition) is 4. The summed E-state index contributed by atoms with van der Waals surface area (Å²) in [5.74, 6) is 0.559. The minimum absolute atomic E-state index is 0.00449. The van der Waals surface area contributed by atoms with Crippen LogP contribution in [0.1, 0.15) is 45.3 Å². The van der Waals surface area contributed by atoms with Crippen LogP contribution >= 0.6 is 11.3 Å². The Balaban J connectivity index is 1.93. The first-order valence-electron chi connectivity index (χ1n) is 7.56. The third-order valence-electron chi connectivity index (χ3n) is 3.99. The molecule has 0 saturated carbocycles. The molecular formula is C15H25N3O2S2. The van der Waals surface area contributed by atoms with E-state index in [-0.39, 0.29) is 22.7 Å². The minimum atomic E-state index is -0.831. The summed E-state index contributed by atoms with van der Waals surface area (Å²) in [4.78, 5) is 18.7. The summed E-state index contributed by atoms with van der Waals surface area (Å²) in [7, 11) is -0.831. The molecule has 2 heterocycles. The third kappa shape index (κ3) is 3.87. The quantitative estimate of drug-likeness (QED) is 0.897. The van der Waals surface area contributed by atoms with E-state index in [2.05, 4.69) is 31.1 Å². The van der Waals surface area contributed by atoms with Gasteiger partial charge >= 0.3 is 6.03 Å². The molecule has 0 radical (unpaired) electrons. The second kappa shape index (κ2) is 6.66. The second-order valence-corrected chi connectivity index (χ2v) is 9.55. The number of carbonyl (C=O) groups is 1. The highest BCUT2D eigenvalue weighted by molar-refractivity contribution is 7.85. The van der Waals surface area contributed by atoms with E-state index in [4.69, 9.17) is 0 Å². The molecule has 1 aliphatic rings. The van der Waals surface area contributed by atoms with Crippen LogP contribution in [0.25, 0.3) is 0 Å². The monoisotopic (exact) mass is 343 g/mol. The summed E-state index contributed by atoms with van der Waals surface area (Å²) < 4.78 is 11.8. The van der Waals surface area contributed by atoms with Crippen LogP contribution in [0.15, 0.2) is 5.38 Å². The molecule has 1 N–H and O–H groups in total. The first kappa shape index (κ1) is 17.4. The Hall–Kier alpha value is -0.950. The molecule has 1 aromatic rings. The lowest BCUT2D eigenvalue weighted by Gasteiger charge is -2.37. The fourth-order valence-corrected chi connectivity index (χ4v) is 4.58. The average molecular weight is 344 g/mol. The standard InChI is InChI=1S/C15H25N3O2S2/c1-10-11(2)22(20)7-6-18(10)14(19)16-8-12-9-21-13(17-12)15(3,4)5/h9-11H,6-8H2,1-5H3,(H,16,19)/t10-,11+,22+/m1/s1. The lowest BCUT2D eigenvalue weighted by Crippen LogP contribution is -2.55. The van der Waals surface area contributed by atoms with Gasteiger partial charge in [-0.15, -0.1) is 11.3 Å². The van der Waals surface area contributed by atoms with Gasteiger partial charge in [0, 0.05) is 39.9 Å². The van der Waals surface area contributed by atoms with Crippen LogP contribution in [-0.2, 0) is 22.8 Å². The van der Waals surface area contributed by atoms with Crippen molar-refractivity contribution in [2.24, 2.45) is 0 Å². The van der Waals surface area contributed by atoms with Gasteiger partial charge in [0.15, 0.2) is 0 Å². The highest BCUT2D eigenvalue weighted by atomic mass is 32.2. The van der Waals surface area contributed by atoms with Gasteiger partial charge in [-0.2, -0.15) is 0 Å². The Morgan fingerprint density at radius 3 is 2.77 bits per heavy atom. The van der Waals surface area contributed by atoms with Gasteiger partial charge in [-0.05, 0) is 13.8 Å². The van der Waals surface area contributed by atoms with Crippen molar-refractivity contribution >= 4 is 28.2 Å². The van der Waals surface area contributed by atoms with Crippen molar-refractivity contribution in [3.05, 3.63) is 16.1 Å². The van der Waals surface area contributed by atoms with E-state index < -0.39 is 10.8 Å². The van der Waals surface area contributed by atoms with Gasteiger partial charge in [-0.3, -0.25) is 4.21 Å². The van der Waals surface area contributed by atoms with Crippen LogP contribution in [-0.4, -0.2) is 43.7 Å². The molecule has 0 aromatic carbocycles. The van der Waals surface area contributed by atoms with Gasteiger partial charge in [0.1, 0.15) is 0 Å². The molecule has 1 saturated heterocycles. The number of aromatic nitrogens is 1. The van der Waals surface area contributed by atoms with Crippen molar-refractivity contribution in [1.82, 2.24) is 15.2 Å². The first-order valence-corrected chi connectivity index (χ1v) is 9.83. The molecular weight excluding hydrogens is 318 g/mol. The van der Waals surface area contributed by atoms with Crippen molar-refractivity contribution in [1.29, 1.82) is 0 Å². The molecule has 0 aliphatic carbocycles. The van der Waals surface area contributed by atoms with E-state index in [1.54, 1.807) is 16.2 Å². The van der Waals surface area contributed by atoms with Gasteiger partial charge in [-0.25, -0.2) is 9.78 Å². The van der Waals surface area contributed by atoms with E-state index in [9.17, 15) is 9.00 Å². The Bertz CT molecular complexity index is 565. The molecule has 22 heavy (non-hydrogen) atoms. The van der Waals surface area contributed by atoms with Crippen molar-refractivity contribution in [2.75, 3.05) is 12.3 Å². The maximum Gasteiger partial charge on any atom is 0.318 e. The van der Waals surface area contributed by atoms with Crippen LogP contribution in [0.2, 0.25) is 0 Å². The molecule has 2 amide bonds. The number of nitrogens with one attached hydrogen (secondary N) is 1. The molecule has 7 heteroatoms. The predicted molar refractivity (Wildman–Crippen MR) is 91.7 cm³/mol. The zero-order valence-electron chi connectivity index (χ0n) is 13.9. The zero-order valence-corrected chi connectivity index (χ0v) is 15.5. The largest absolute Gasteiger partial charge is 0.332 e. The molecule has 1 fully saturated rings. The van der Waals surface area contributed by atoms with Gasteiger partial charge in [-0.1, -0.05) is 20.8 Å². The molecule has 0 spiro atoms. The van der Waals surface area contributed by atoms with Gasteiger partial charge in [0.05, 0.1) is 22.5 Å². The predicted octanol–water partition coefficient (Wildman–Crippen LogP) is 2.49. The Kier molecular flexibility index (Phi) is 5.27. The summed E-state index contributed by atoms with van der Waals surface area (Å²) in [6.07, 6.45) is 0. The van der Waals surface area contributed by atoms with Crippen molar-refractivity contribution in [2.45, 2.75) is 57.9 Å². The summed E-state index contributed by atoms with van der Waals surface area (Å²) in [6, 6.07) is -0.100. The summed E-state index contributed by atoms with van der Waals surface area (Å²) in [5, 5.41) is 6.03. The molecule has 1 aromatic heterocycles. The lowest BCUT2D eigenvalue weighted by molar-refractivity contribution is 0.179. The van der Waals surface area contributed by atoms with E-state index in [0.717, 1.165) is 10.7 Å². The Morgan fingerprint density at radius 1 is 1.50 bits per heavy atom. The minimum Gasteiger partial charge on any atom is -0.332 e. The third-order valence-corrected chi connectivity index (χ3v) is 7.12. The van der Waals surface area contributed by atoms with Crippen LogP contribution in [0.5, 0.6) is 0 Å². The van der Waals surface area contributed by atoms with Gasteiger partial charge < -0.3 is 10.2 Å². The normalized spacial score (nSPS) is 26.0. The SMILES string of the molecule is C[C@@H]1[C@H](C)[S@@](=O)CCN1C(=O)NCc1csc(C(C)(C)C)n1. The number of hydrogen-bond donors (Lipinski definition) is 1. The lowest BCUT2D eigenvalue weighted by atomic mass is 9.98. The maximum absolute atomic E-state index is 12.3. The molecule has 124 valence electrons. The second-order valence-electron chi connectivity index (χ2n) is 6.78. The van der Waals surface area contributed by atoms with Crippen molar-refractivity contribution in [3.8, 4) is 0 Å². The summed E-state index contributed by atoms with van der Waals surface area (Å²) >= 11 is 1.63. The summed E-state index contributed by atoms with van der Waals surface area (Å²) in [6.45, 7) is 11.3. The molecule has 1 aliphatic heterocycles. The van der Waals surface area contributed by atoms with Gasteiger partial charge in [0.25, 0.3) is 0 Å². The van der Waals surface area contributed by atoms with Crippen molar-refractivity contribution < 1.29 is 9.00 Å². The van der Waals surface area contributed by atoms with E-state index in [1.165, 1.54) is 0 Å². The zero-order chi connectivity index (χ0) is 16.5. The molecule has 5 nitrogen and oxygen atoms in total. The molecule has 0 bridgehead atoms. The number of nitrogens with zero attached hydrogens (tertiary/aromatic N) is 2. The Labute approximate surface area is 139 Å². The van der Waals surface area contributed by atoms with E-state index in [0.29, 0.717) is 18.8 Å². The first-order chi connectivity index (χ1) is 10.2. The number of carbonyl (C=O) groups excluding carboxylic acids is 1. The number of thiazole rings is 1. The molecule has 2 rings (SSSR count). The highest BCUT2D eigenvalue weighted by Crippen LogP contribution is 2.25. The summed E-state index contributed by atoms with van der Waals surface area (Å²) in [5.41, 5.74) is 0.929. The smallest absolute Gasteiger partial charge is 0.318 e. The number of urea groups is 1. The fourth-order valence-electron chi connectivity index (χ4n) is 2.34. The fraction of sp³-hybridized carbons (Fsp3) is 0.733. The topological polar surface area (TPSA) is 62.3 Å². The van der Waals surface area contributed by atoms with E-state index >= 15 is 0 Å². The van der Waals surface area contributed by atoms with Crippen LogP contribution in [0.4, 0.5) is 4.79 Å². The van der Waals surface area contributed by atoms with Crippen LogP contribution in [0, 0.1) is 0 Å². The maximum atomic E-state index is 12.3. The molecule has 0 unspecified atom stereocenters. The van der Waals surface area contributed by atoms with Crippen molar-refractivity contribution in [3.63, 3.8) is 0 Å². The van der Waals surface area contributed by atoms with Gasteiger partial charge in [0.2, 0.25) is 0 Å². The average Bonchev–Trinajstić information content (AvgIpc) is 2.91. The molecule has 3 atom stereocenters. The van der Waals surface area contributed by atoms with E-state index in [1.807, 2.05) is 19.2 Å². The Morgan fingerprint density at radius 2 is 2.18 bits per heavy atom. The van der Waals surface area contributed by atoms with Crippen LogP contribution in [0.3, 0.4) is 0 Å².